The third kappa shape index (κ3) is 4.61. The van der Waals surface area contributed by atoms with Crippen molar-refractivity contribution < 1.29 is 4.39 Å². The molecule has 1 atom stereocenters. The normalized spacial score (nSPS) is 19.2. The van der Waals surface area contributed by atoms with Crippen molar-refractivity contribution in [1.82, 2.24) is 4.90 Å². The van der Waals surface area contributed by atoms with Crippen molar-refractivity contribution in [3.05, 3.63) is 72.2 Å². The standard InChI is InChI=1S/C24H29FN4/c1-2-7-22-16-24(27-18-29(22)21-13-11-19(25)12-14-21)28-15-6-10-23(28)17-26-20-8-4-3-5-9-20/h3-5,8-9,11-14,16,23,26H,2,6-7,10,15,17-18H2,1H3/t23-/m0/s1. The number of hydrogen-bond donors (Lipinski definition) is 1. The van der Waals surface area contributed by atoms with Crippen LogP contribution >= 0.6 is 0 Å². The van der Waals surface area contributed by atoms with E-state index in [1.54, 1.807) is 0 Å². The quantitative estimate of drug-likeness (QED) is 0.727. The van der Waals surface area contributed by atoms with Crippen LogP contribution in [0.1, 0.15) is 32.6 Å². The molecule has 0 aromatic heterocycles. The molecular formula is C24H29FN4. The summed E-state index contributed by atoms with van der Waals surface area (Å²) in [7, 11) is 0. The van der Waals surface area contributed by atoms with E-state index in [9.17, 15) is 4.39 Å². The SMILES string of the molecule is CCCC1=CC(N2CCC[C@H]2CNc2ccccc2)=NCN1c1ccc(F)cc1. The predicted molar refractivity (Wildman–Crippen MR) is 119 cm³/mol. The number of allylic oxidation sites excluding steroid dienone is 1. The molecule has 0 radical (unpaired) electrons. The Kier molecular flexibility index (Phi) is 6.13. The van der Waals surface area contributed by atoms with Gasteiger partial charge in [-0.2, -0.15) is 0 Å². The van der Waals surface area contributed by atoms with Gasteiger partial charge in [0, 0.05) is 36.2 Å². The number of likely N-dealkylation sites (tertiary alicyclic amines) is 1. The van der Waals surface area contributed by atoms with Crippen molar-refractivity contribution in [3.8, 4) is 0 Å². The van der Waals surface area contributed by atoms with Gasteiger partial charge in [0.15, 0.2) is 0 Å². The van der Waals surface area contributed by atoms with Crippen LogP contribution in [0.15, 0.2) is 71.4 Å². The summed E-state index contributed by atoms with van der Waals surface area (Å²) in [5.41, 5.74) is 3.41. The number of rotatable bonds is 6. The first-order valence-corrected chi connectivity index (χ1v) is 10.6. The lowest BCUT2D eigenvalue weighted by atomic mass is 10.1. The summed E-state index contributed by atoms with van der Waals surface area (Å²) in [4.78, 5) is 9.55. The maximum Gasteiger partial charge on any atom is 0.127 e. The van der Waals surface area contributed by atoms with Crippen molar-refractivity contribution in [3.63, 3.8) is 0 Å². The van der Waals surface area contributed by atoms with Gasteiger partial charge in [-0.15, -0.1) is 0 Å². The Balaban J connectivity index is 1.48. The highest BCUT2D eigenvalue weighted by Crippen LogP contribution is 2.27. The largest absolute Gasteiger partial charge is 0.383 e. The van der Waals surface area contributed by atoms with Gasteiger partial charge in [0.2, 0.25) is 0 Å². The van der Waals surface area contributed by atoms with E-state index < -0.39 is 0 Å². The highest BCUT2D eigenvalue weighted by atomic mass is 19.1. The minimum Gasteiger partial charge on any atom is -0.383 e. The summed E-state index contributed by atoms with van der Waals surface area (Å²) >= 11 is 0. The first-order chi connectivity index (χ1) is 14.2. The van der Waals surface area contributed by atoms with Crippen LogP contribution in [0.4, 0.5) is 15.8 Å². The third-order valence-electron chi connectivity index (χ3n) is 5.65. The van der Waals surface area contributed by atoms with Gasteiger partial charge in [-0.1, -0.05) is 31.5 Å². The Morgan fingerprint density at radius 2 is 1.90 bits per heavy atom. The molecule has 2 aromatic carbocycles. The van der Waals surface area contributed by atoms with Gasteiger partial charge in [-0.05, 0) is 61.7 Å². The van der Waals surface area contributed by atoms with E-state index in [0.717, 1.165) is 43.1 Å². The van der Waals surface area contributed by atoms with Crippen LogP contribution in [0.3, 0.4) is 0 Å². The van der Waals surface area contributed by atoms with Gasteiger partial charge < -0.3 is 15.1 Å². The average Bonchev–Trinajstić information content (AvgIpc) is 3.23. The Hall–Kier alpha value is -2.82. The van der Waals surface area contributed by atoms with Crippen molar-refractivity contribution in [2.24, 2.45) is 4.99 Å². The maximum atomic E-state index is 13.3. The summed E-state index contributed by atoms with van der Waals surface area (Å²) in [5.74, 6) is 0.881. The Labute approximate surface area is 172 Å². The fourth-order valence-corrected chi connectivity index (χ4v) is 4.15. The number of hydrogen-bond acceptors (Lipinski definition) is 4. The molecule has 4 nitrogen and oxygen atoms in total. The minimum atomic E-state index is -0.207. The molecule has 1 fully saturated rings. The molecular weight excluding hydrogens is 363 g/mol. The molecule has 2 heterocycles. The summed E-state index contributed by atoms with van der Waals surface area (Å²) < 4.78 is 13.3. The smallest absolute Gasteiger partial charge is 0.127 e. The number of nitrogens with one attached hydrogen (secondary N) is 1. The fraction of sp³-hybridized carbons (Fsp3) is 0.375. The van der Waals surface area contributed by atoms with Crippen LogP contribution in [0, 0.1) is 5.82 Å². The van der Waals surface area contributed by atoms with E-state index in [-0.39, 0.29) is 5.82 Å². The number of aliphatic imine (C=N–C) groups is 1. The lowest BCUT2D eigenvalue weighted by Gasteiger charge is -2.34. The molecule has 5 heteroatoms. The van der Waals surface area contributed by atoms with Gasteiger partial charge in [0.1, 0.15) is 18.3 Å². The molecule has 4 rings (SSSR count). The Bertz CT molecular complexity index is 860. The summed E-state index contributed by atoms with van der Waals surface area (Å²) in [6.07, 6.45) is 6.65. The Morgan fingerprint density at radius 3 is 2.66 bits per heavy atom. The van der Waals surface area contributed by atoms with Gasteiger partial charge in [-0.3, -0.25) is 0 Å². The molecule has 0 bridgehead atoms. The van der Waals surface area contributed by atoms with Crippen LogP contribution in [0.5, 0.6) is 0 Å². The molecule has 0 amide bonds. The van der Waals surface area contributed by atoms with Gasteiger partial charge in [0.25, 0.3) is 0 Å². The molecule has 0 unspecified atom stereocenters. The highest BCUT2D eigenvalue weighted by molar-refractivity contribution is 5.95. The molecule has 29 heavy (non-hydrogen) atoms. The lowest BCUT2D eigenvalue weighted by molar-refractivity contribution is 0.402. The molecule has 1 N–H and O–H groups in total. The second kappa shape index (κ2) is 9.12. The number of anilines is 2. The van der Waals surface area contributed by atoms with Crippen LogP contribution in [0.25, 0.3) is 0 Å². The van der Waals surface area contributed by atoms with Crippen LogP contribution in [-0.2, 0) is 0 Å². The van der Waals surface area contributed by atoms with Gasteiger partial charge in [-0.25, -0.2) is 9.38 Å². The second-order valence-electron chi connectivity index (χ2n) is 7.68. The molecule has 2 aliphatic heterocycles. The van der Waals surface area contributed by atoms with Gasteiger partial charge in [0.05, 0.1) is 0 Å². The van der Waals surface area contributed by atoms with E-state index in [2.05, 4.69) is 52.4 Å². The van der Waals surface area contributed by atoms with E-state index in [4.69, 9.17) is 4.99 Å². The van der Waals surface area contributed by atoms with E-state index in [0.29, 0.717) is 12.7 Å². The predicted octanol–water partition coefficient (Wildman–Crippen LogP) is 5.26. The molecule has 1 saturated heterocycles. The number of nitrogens with zero attached hydrogens (tertiary/aromatic N) is 3. The monoisotopic (exact) mass is 392 g/mol. The first-order valence-electron chi connectivity index (χ1n) is 10.6. The summed E-state index contributed by atoms with van der Waals surface area (Å²) in [6.45, 7) is 4.74. The summed E-state index contributed by atoms with van der Waals surface area (Å²) in [5, 5.41) is 3.57. The molecule has 0 spiro atoms. The second-order valence-corrected chi connectivity index (χ2v) is 7.68. The van der Waals surface area contributed by atoms with Crippen LogP contribution < -0.4 is 10.2 Å². The maximum absolute atomic E-state index is 13.3. The minimum absolute atomic E-state index is 0.207. The molecule has 152 valence electrons. The zero-order valence-corrected chi connectivity index (χ0v) is 17.0. The highest BCUT2D eigenvalue weighted by Gasteiger charge is 2.28. The van der Waals surface area contributed by atoms with E-state index in [1.165, 1.54) is 30.7 Å². The van der Waals surface area contributed by atoms with Crippen LogP contribution in [-0.4, -0.2) is 36.5 Å². The lowest BCUT2D eigenvalue weighted by Crippen LogP contribution is -2.41. The van der Waals surface area contributed by atoms with Gasteiger partial charge >= 0.3 is 0 Å². The summed E-state index contributed by atoms with van der Waals surface area (Å²) in [6, 6.07) is 17.5. The number of para-hydroxylation sites is 1. The third-order valence-corrected chi connectivity index (χ3v) is 5.65. The zero-order chi connectivity index (χ0) is 20.1. The van der Waals surface area contributed by atoms with E-state index >= 15 is 0 Å². The topological polar surface area (TPSA) is 30.9 Å². The average molecular weight is 393 g/mol. The van der Waals surface area contributed by atoms with E-state index in [1.807, 2.05) is 18.2 Å². The first kappa shape index (κ1) is 19.5. The fourth-order valence-electron chi connectivity index (χ4n) is 4.15. The Morgan fingerprint density at radius 1 is 1.10 bits per heavy atom. The molecule has 2 aromatic rings. The number of amidine groups is 1. The van der Waals surface area contributed by atoms with Crippen molar-refractivity contribution in [2.75, 3.05) is 30.0 Å². The molecule has 2 aliphatic rings. The van der Waals surface area contributed by atoms with Crippen molar-refractivity contribution >= 4 is 17.2 Å². The number of halogens is 1. The van der Waals surface area contributed by atoms with Crippen LogP contribution in [0.2, 0.25) is 0 Å². The van der Waals surface area contributed by atoms with Crippen molar-refractivity contribution in [2.45, 2.75) is 38.6 Å². The van der Waals surface area contributed by atoms with Crippen molar-refractivity contribution in [1.29, 1.82) is 0 Å². The zero-order valence-electron chi connectivity index (χ0n) is 17.0. The molecule has 0 aliphatic carbocycles. The molecule has 0 saturated carbocycles. The number of benzene rings is 2.